The summed E-state index contributed by atoms with van der Waals surface area (Å²) in [4.78, 5) is 12.8. The molecule has 5 heteroatoms. The highest BCUT2D eigenvalue weighted by molar-refractivity contribution is 8.02. The standard InChI is InChI=1S/C6H7Cl2NOS/c7-2-3-6(8)11-5-1-4(10)9(3)5/h3,5-6H,1-2H2/t3?,5-,6?/m1/s1. The number of fused-ring (bicyclic) bond motifs is 1. The zero-order valence-electron chi connectivity index (χ0n) is 5.67. The van der Waals surface area contributed by atoms with Crippen molar-refractivity contribution in [3.8, 4) is 0 Å². The summed E-state index contributed by atoms with van der Waals surface area (Å²) in [5, 5.41) is 0.314. The van der Waals surface area contributed by atoms with E-state index in [0.29, 0.717) is 17.7 Å². The molecule has 0 saturated carbocycles. The SMILES string of the molecule is O=C1C[C@H]2SC(Cl)C(CCl)N12. The number of thioether (sulfide) groups is 1. The largest absolute Gasteiger partial charge is 0.324 e. The minimum atomic E-state index is -0.0102. The average molecular weight is 212 g/mol. The van der Waals surface area contributed by atoms with Crippen LogP contribution in [-0.2, 0) is 4.79 Å². The van der Waals surface area contributed by atoms with Gasteiger partial charge in [-0.15, -0.1) is 35.0 Å². The van der Waals surface area contributed by atoms with Crippen LogP contribution in [0.1, 0.15) is 6.42 Å². The second-order valence-corrected chi connectivity index (χ2v) is 5.03. The van der Waals surface area contributed by atoms with Crippen LogP contribution in [0.5, 0.6) is 0 Å². The zero-order chi connectivity index (χ0) is 8.01. The molecule has 2 aliphatic heterocycles. The van der Waals surface area contributed by atoms with Crippen molar-refractivity contribution in [3.05, 3.63) is 0 Å². The second kappa shape index (κ2) is 2.71. The van der Waals surface area contributed by atoms with Crippen LogP contribution in [0, 0.1) is 0 Å². The number of rotatable bonds is 1. The molecule has 11 heavy (non-hydrogen) atoms. The van der Waals surface area contributed by atoms with E-state index < -0.39 is 0 Å². The van der Waals surface area contributed by atoms with E-state index >= 15 is 0 Å². The monoisotopic (exact) mass is 211 g/mol. The van der Waals surface area contributed by atoms with Crippen molar-refractivity contribution in [2.45, 2.75) is 22.5 Å². The zero-order valence-corrected chi connectivity index (χ0v) is 7.99. The molecule has 2 rings (SSSR count). The van der Waals surface area contributed by atoms with Crippen molar-refractivity contribution in [1.82, 2.24) is 4.90 Å². The van der Waals surface area contributed by atoms with Crippen molar-refractivity contribution in [2.75, 3.05) is 5.88 Å². The Morgan fingerprint density at radius 3 is 2.91 bits per heavy atom. The van der Waals surface area contributed by atoms with Crippen LogP contribution >= 0.6 is 35.0 Å². The summed E-state index contributed by atoms with van der Waals surface area (Å²) < 4.78 is -0.0102. The lowest BCUT2D eigenvalue weighted by atomic mass is 10.1. The van der Waals surface area contributed by atoms with Crippen LogP contribution < -0.4 is 0 Å². The molecule has 0 aromatic carbocycles. The maximum Gasteiger partial charge on any atom is 0.226 e. The fourth-order valence-corrected chi connectivity index (χ4v) is 3.87. The van der Waals surface area contributed by atoms with E-state index in [1.165, 1.54) is 0 Å². The molecule has 2 fully saturated rings. The third-order valence-corrected chi connectivity index (χ3v) is 4.25. The summed E-state index contributed by atoms with van der Waals surface area (Å²) in [6.07, 6.45) is 0.640. The summed E-state index contributed by atoms with van der Waals surface area (Å²) in [6, 6.07) is 0.0505. The molecule has 0 bridgehead atoms. The summed E-state index contributed by atoms with van der Waals surface area (Å²) in [5.41, 5.74) is 0. The number of halogens is 2. The predicted octanol–water partition coefficient (Wildman–Crippen LogP) is 1.46. The van der Waals surface area contributed by atoms with Gasteiger partial charge in [0.1, 0.15) is 4.71 Å². The predicted molar refractivity (Wildman–Crippen MR) is 47.0 cm³/mol. The molecular formula is C6H7Cl2NOS. The van der Waals surface area contributed by atoms with Crippen molar-refractivity contribution in [1.29, 1.82) is 0 Å². The Kier molecular flexibility index (Phi) is 1.98. The summed E-state index contributed by atoms with van der Waals surface area (Å²) >= 11 is 13.3. The van der Waals surface area contributed by atoms with Gasteiger partial charge in [0.05, 0.1) is 17.8 Å². The molecule has 0 aromatic heterocycles. The van der Waals surface area contributed by atoms with Gasteiger partial charge in [-0.2, -0.15) is 0 Å². The molecular weight excluding hydrogens is 205 g/mol. The van der Waals surface area contributed by atoms with E-state index in [1.54, 1.807) is 16.7 Å². The Morgan fingerprint density at radius 2 is 2.45 bits per heavy atom. The molecule has 0 N–H and O–H groups in total. The highest BCUT2D eigenvalue weighted by Gasteiger charge is 2.50. The van der Waals surface area contributed by atoms with Crippen molar-refractivity contribution in [2.24, 2.45) is 0 Å². The smallest absolute Gasteiger partial charge is 0.226 e. The number of amides is 1. The van der Waals surface area contributed by atoms with Gasteiger partial charge in [0.15, 0.2) is 0 Å². The van der Waals surface area contributed by atoms with Gasteiger partial charge in [-0.25, -0.2) is 0 Å². The highest BCUT2D eigenvalue weighted by Crippen LogP contribution is 2.45. The second-order valence-electron chi connectivity index (χ2n) is 2.67. The molecule has 1 amide bonds. The minimum Gasteiger partial charge on any atom is -0.324 e. The van der Waals surface area contributed by atoms with E-state index in [0.717, 1.165) is 0 Å². The fourth-order valence-electron chi connectivity index (χ4n) is 1.42. The Hall–Kier alpha value is 0.400. The van der Waals surface area contributed by atoms with E-state index in [9.17, 15) is 4.79 Å². The Balaban J connectivity index is 2.12. The molecule has 2 aliphatic rings. The number of β-lactam (4-membered cyclic amide) rings is 1. The quantitative estimate of drug-likeness (QED) is 0.484. The highest BCUT2D eigenvalue weighted by atomic mass is 35.5. The first-order chi connectivity index (χ1) is 5.24. The van der Waals surface area contributed by atoms with Gasteiger partial charge in [-0.05, 0) is 0 Å². The summed E-state index contributed by atoms with van der Waals surface area (Å²) in [7, 11) is 0. The van der Waals surface area contributed by atoms with Crippen LogP contribution in [0.25, 0.3) is 0 Å². The van der Waals surface area contributed by atoms with Crippen molar-refractivity contribution < 1.29 is 4.79 Å². The third-order valence-electron chi connectivity index (χ3n) is 2.05. The molecule has 2 unspecified atom stereocenters. The fraction of sp³-hybridized carbons (Fsp3) is 0.833. The summed E-state index contributed by atoms with van der Waals surface area (Å²) in [6.45, 7) is 0. The normalized spacial score (nSPS) is 42.2. The van der Waals surface area contributed by atoms with Crippen LogP contribution in [0.3, 0.4) is 0 Å². The lowest BCUT2D eigenvalue weighted by Gasteiger charge is -2.36. The van der Waals surface area contributed by atoms with Gasteiger partial charge in [-0.3, -0.25) is 4.79 Å². The van der Waals surface area contributed by atoms with E-state index in [2.05, 4.69) is 0 Å². The first-order valence-corrected chi connectivity index (χ1v) is 5.32. The molecule has 2 heterocycles. The minimum absolute atomic E-state index is 0.0102. The van der Waals surface area contributed by atoms with Gasteiger partial charge in [0.2, 0.25) is 5.91 Å². The number of carbonyl (C=O) groups excluding carboxylic acids is 1. The van der Waals surface area contributed by atoms with E-state index in [1.807, 2.05) is 0 Å². The van der Waals surface area contributed by atoms with Gasteiger partial charge >= 0.3 is 0 Å². The lowest BCUT2D eigenvalue weighted by Crippen LogP contribution is -2.52. The van der Waals surface area contributed by atoms with E-state index in [-0.39, 0.29) is 16.7 Å². The van der Waals surface area contributed by atoms with E-state index in [4.69, 9.17) is 23.2 Å². The molecule has 2 nitrogen and oxygen atoms in total. The third kappa shape index (κ3) is 1.05. The average Bonchev–Trinajstić information content (AvgIpc) is 2.22. The molecule has 0 radical (unpaired) electrons. The van der Waals surface area contributed by atoms with Gasteiger partial charge < -0.3 is 4.90 Å². The topological polar surface area (TPSA) is 20.3 Å². The maximum absolute atomic E-state index is 11.0. The molecule has 2 saturated heterocycles. The van der Waals surface area contributed by atoms with Crippen LogP contribution in [-0.4, -0.2) is 32.8 Å². The summed E-state index contributed by atoms with van der Waals surface area (Å²) in [5.74, 6) is 0.639. The number of nitrogens with zero attached hydrogens (tertiary/aromatic N) is 1. The first-order valence-electron chi connectivity index (χ1n) is 3.40. The molecule has 3 atom stereocenters. The lowest BCUT2D eigenvalue weighted by molar-refractivity contribution is -0.142. The number of alkyl halides is 2. The van der Waals surface area contributed by atoms with Gasteiger partial charge in [-0.1, -0.05) is 0 Å². The van der Waals surface area contributed by atoms with Gasteiger partial charge in [0, 0.05) is 5.88 Å². The van der Waals surface area contributed by atoms with Crippen molar-refractivity contribution in [3.63, 3.8) is 0 Å². The Morgan fingerprint density at radius 1 is 1.73 bits per heavy atom. The van der Waals surface area contributed by atoms with Gasteiger partial charge in [0.25, 0.3) is 0 Å². The van der Waals surface area contributed by atoms with Crippen LogP contribution in [0.2, 0.25) is 0 Å². The first kappa shape index (κ1) is 8.02. The Labute approximate surface area is 79.2 Å². The number of hydrogen-bond donors (Lipinski definition) is 0. The number of hydrogen-bond acceptors (Lipinski definition) is 2. The van der Waals surface area contributed by atoms with Crippen LogP contribution in [0.4, 0.5) is 0 Å². The molecule has 62 valence electrons. The number of carbonyl (C=O) groups is 1. The van der Waals surface area contributed by atoms with Crippen molar-refractivity contribution >= 4 is 40.9 Å². The maximum atomic E-state index is 11.0. The van der Waals surface area contributed by atoms with Crippen LogP contribution in [0.15, 0.2) is 0 Å². The molecule has 0 aliphatic carbocycles. The molecule has 0 aromatic rings. The molecule has 0 spiro atoms. The Bertz CT molecular complexity index is 201.